The molecule has 2 aromatic carbocycles. The number of halogens is 3. The van der Waals surface area contributed by atoms with Crippen molar-refractivity contribution in [1.29, 1.82) is 0 Å². The Morgan fingerprint density at radius 2 is 1.67 bits per heavy atom. The summed E-state index contributed by atoms with van der Waals surface area (Å²) in [5.74, 6) is -3.93. The number of sulfonamides is 1. The second-order valence-corrected chi connectivity index (χ2v) is 11.5. The number of nitrogens with two attached hydrogens (primary N) is 1. The van der Waals surface area contributed by atoms with Crippen molar-refractivity contribution in [2.75, 3.05) is 10.5 Å². The molecule has 0 saturated carbocycles. The number of ether oxygens (including phenoxy) is 1. The smallest absolute Gasteiger partial charge is 0.355 e. The summed E-state index contributed by atoms with van der Waals surface area (Å²) in [7, 11) is -5.01. The Kier molecular flexibility index (Phi) is 7.78. The largest absolute Gasteiger partial charge is 0.484 e. The van der Waals surface area contributed by atoms with E-state index in [0.717, 1.165) is 16.6 Å². The molecule has 5 aromatic rings. The molecule has 5 rings (SSSR count). The second-order valence-electron chi connectivity index (χ2n) is 9.83. The lowest BCUT2D eigenvalue weighted by Gasteiger charge is -2.19. The van der Waals surface area contributed by atoms with Gasteiger partial charge in [-0.05, 0) is 68.3 Å². The molecule has 0 aliphatic rings. The lowest BCUT2D eigenvalue weighted by molar-refractivity contribution is 0.228. The highest BCUT2D eigenvalue weighted by molar-refractivity contribution is 7.93. The first-order chi connectivity index (χ1) is 20.0. The normalized spacial score (nSPS) is 12.7. The van der Waals surface area contributed by atoms with Gasteiger partial charge >= 0.3 is 5.76 Å². The van der Waals surface area contributed by atoms with Gasteiger partial charge in [-0.1, -0.05) is 18.2 Å². The highest BCUT2D eigenvalue weighted by Gasteiger charge is 2.27. The van der Waals surface area contributed by atoms with Crippen LogP contribution >= 0.6 is 0 Å². The molecule has 42 heavy (non-hydrogen) atoms. The summed E-state index contributed by atoms with van der Waals surface area (Å²) in [5, 5.41) is 5.40. The molecule has 13 heteroatoms. The monoisotopic (exact) mass is 596 g/mol. The Bertz CT molecular complexity index is 1850. The molecular weight excluding hydrogens is 569 g/mol. The van der Waals surface area contributed by atoms with E-state index in [1.54, 1.807) is 25.5 Å². The summed E-state index contributed by atoms with van der Waals surface area (Å²) < 4.78 is 73.9. The molecule has 0 amide bonds. The van der Waals surface area contributed by atoms with Gasteiger partial charge in [0.1, 0.15) is 29.2 Å². The van der Waals surface area contributed by atoms with Gasteiger partial charge in [0.2, 0.25) is 0 Å². The maximum Gasteiger partial charge on any atom is 0.355 e. The molecular formula is C29H27F3N6O3S. The Morgan fingerprint density at radius 1 is 0.976 bits per heavy atom. The first-order valence-corrected chi connectivity index (χ1v) is 14.4. The van der Waals surface area contributed by atoms with Crippen LogP contribution in [0.25, 0.3) is 33.3 Å². The minimum Gasteiger partial charge on any atom is -0.484 e. The molecule has 0 aliphatic heterocycles. The first kappa shape index (κ1) is 28.9. The van der Waals surface area contributed by atoms with E-state index in [4.69, 9.17) is 15.6 Å². The van der Waals surface area contributed by atoms with Crippen LogP contribution in [-0.4, -0.2) is 33.9 Å². The summed E-state index contributed by atoms with van der Waals surface area (Å²) in [6.45, 7) is 5.59. The highest BCUT2D eigenvalue weighted by Crippen LogP contribution is 2.41. The van der Waals surface area contributed by atoms with Gasteiger partial charge in [-0.15, -0.1) is 0 Å². The summed E-state index contributed by atoms with van der Waals surface area (Å²) >= 11 is 0. The number of nitrogens with one attached hydrogen (secondary N) is 1. The molecule has 0 aliphatic carbocycles. The molecule has 0 fully saturated rings. The molecule has 0 radical (unpaired) electrons. The van der Waals surface area contributed by atoms with E-state index in [1.807, 2.05) is 35.4 Å². The molecule has 0 saturated heterocycles. The predicted octanol–water partition coefficient (Wildman–Crippen LogP) is 6.57. The second kappa shape index (κ2) is 11.3. The number of fused-ring (bicyclic) bond motifs is 1. The van der Waals surface area contributed by atoms with Gasteiger partial charge in [0, 0.05) is 35.8 Å². The van der Waals surface area contributed by atoms with Crippen molar-refractivity contribution in [3.63, 3.8) is 0 Å². The average Bonchev–Trinajstić information content (AvgIpc) is 3.37. The SMILES string of the molecule is CC(C)n1nc(-c2ccc(NS(=O)(=O)C(F)F)c(O[C@@H](C)c3ccc(F)cc3)c2)c2c(N)ncc(-c3ccncc3)c21. The third kappa shape index (κ3) is 5.59. The fourth-order valence-electron chi connectivity index (χ4n) is 4.55. The number of alkyl halides is 2. The minimum absolute atomic E-state index is 0.0439. The Balaban J connectivity index is 1.69. The fourth-order valence-corrected chi connectivity index (χ4v) is 5.12. The molecule has 0 spiro atoms. The van der Waals surface area contributed by atoms with Crippen molar-refractivity contribution in [1.82, 2.24) is 19.7 Å². The summed E-state index contributed by atoms with van der Waals surface area (Å²) in [6, 6.07) is 13.5. The standard InChI is InChI=1S/C29H27F3N6O3S/c1-16(2)38-27-22(19-10-12-34-13-11-19)15-35-28(33)25(27)26(36-38)20-6-9-23(37-42(39,40)29(31)32)24(14-20)41-17(3)18-4-7-21(30)8-5-18/h4-17,29,37H,1-3H3,(H2,33,35)/t17-/m0/s1. The first-order valence-electron chi connectivity index (χ1n) is 12.9. The zero-order valence-corrected chi connectivity index (χ0v) is 23.6. The van der Waals surface area contributed by atoms with Crippen molar-refractivity contribution in [3.05, 3.63) is 84.6 Å². The number of pyridine rings is 2. The lowest BCUT2D eigenvalue weighted by atomic mass is 10.0. The third-order valence-corrected chi connectivity index (χ3v) is 7.59. The zero-order valence-electron chi connectivity index (χ0n) is 22.8. The van der Waals surface area contributed by atoms with Crippen LogP contribution in [-0.2, 0) is 10.0 Å². The van der Waals surface area contributed by atoms with E-state index >= 15 is 0 Å². The van der Waals surface area contributed by atoms with Gasteiger partial charge in [-0.2, -0.15) is 13.9 Å². The van der Waals surface area contributed by atoms with Crippen LogP contribution in [0.4, 0.5) is 24.7 Å². The number of benzene rings is 2. The highest BCUT2D eigenvalue weighted by atomic mass is 32.2. The number of nitrogens with zero attached hydrogens (tertiary/aromatic N) is 4. The van der Waals surface area contributed by atoms with E-state index in [0.29, 0.717) is 22.2 Å². The van der Waals surface area contributed by atoms with E-state index in [2.05, 4.69) is 9.97 Å². The van der Waals surface area contributed by atoms with E-state index in [9.17, 15) is 21.6 Å². The van der Waals surface area contributed by atoms with Crippen molar-refractivity contribution < 1.29 is 26.3 Å². The summed E-state index contributed by atoms with van der Waals surface area (Å²) in [4.78, 5) is 8.50. The summed E-state index contributed by atoms with van der Waals surface area (Å²) in [5.41, 5.74) is 10.0. The zero-order chi connectivity index (χ0) is 30.2. The van der Waals surface area contributed by atoms with Gasteiger partial charge < -0.3 is 10.5 Å². The van der Waals surface area contributed by atoms with Crippen molar-refractivity contribution in [2.24, 2.45) is 0 Å². The van der Waals surface area contributed by atoms with Gasteiger partial charge in [-0.3, -0.25) is 14.4 Å². The van der Waals surface area contributed by atoms with E-state index < -0.39 is 27.7 Å². The van der Waals surface area contributed by atoms with Gasteiger partial charge in [0.15, 0.2) is 0 Å². The number of nitrogen functional groups attached to an aromatic ring is 1. The molecule has 0 bridgehead atoms. The van der Waals surface area contributed by atoms with Crippen LogP contribution in [0.1, 0.15) is 38.5 Å². The summed E-state index contributed by atoms with van der Waals surface area (Å²) in [6.07, 6.45) is 4.29. The predicted molar refractivity (Wildman–Crippen MR) is 155 cm³/mol. The maximum absolute atomic E-state index is 13.5. The Morgan fingerprint density at radius 3 is 2.31 bits per heavy atom. The third-order valence-electron chi connectivity index (χ3n) is 6.62. The van der Waals surface area contributed by atoms with Crippen LogP contribution in [0.5, 0.6) is 5.75 Å². The Labute approximate surface area is 240 Å². The van der Waals surface area contributed by atoms with Crippen LogP contribution in [0, 0.1) is 5.82 Å². The number of hydrogen-bond acceptors (Lipinski definition) is 7. The topological polar surface area (TPSA) is 125 Å². The molecule has 9 nitrogen and oxygen atoms in total. The average molecular weight is 597 g/mol. The van der Waals surface area contributed by atoms with Crippen molar-refractivity contribution in [3.8, 4) is 28.1 Å². The molecule has 0 unspecified atom stereocenters. The number of rotatable bonds is 9. The molecule has 218 valence electrons. The number of aromatic nitrogens is 4. The minimum atomic E-state index is -5.01. The van der Waals surface area contributed by atoms with E-state index in [-0.39, 0.29) is 23.3 Å². The van der Waals surface area contributed by atoms with Crippen LogP contribution in [0.15, 0.2) is 73.2 Å². The maximum atomic E-state index is 13.5. The number of hydrogen-bond donors (Lipinski definition) is 2. The van der Waals surface area contributed by atoms with Crippen molar-refractivity contribution >= 4 is 32.4 Å². The van der Waals surface area contributed by atoms with Crippen LogP contribution in [0.2, 0.25) is 0 Å². The quantitative estimate of drug-likeness (QED) is 0.197. The van der Waals surface area contributed by atoms with Crippen LogP contribution < -0.4 is 15.2 Å². The molecule has 3 N–H and O–H groups in total. The lowest BCUT2D eigenvalue weighted by Crippen LogP contribution is -2.21. The van der Waals surface area contributed by atoms with Gasteiger partial charge in [0.25, 0.3) is 10.0 Å². The van der Waals surface area contributed by atoms with Gasteiger partial charge in [-0.25, -0.2) is 17.8 Å². The number of anilines is 2. The fraction of sp³-hybridized carbons (Fsp3) is 0.207. The van der Waals surface area contributed by atoms with Crippen molar-refractivity contribution in [2.45, 2.75) is 38.7 Å². The molecule has 3 heterocycles. The molecule has 1 atom stereocenters. The molecule has 3 aromatic heterocycles. The van der Waals surface area contributed by atoms with E-state index in [1.165, 1.54) is 42.5 Å². The van der Waals surface area contributed by atoms with Crippen LogP contribution in [0.3, 0.4) is 0 Å². The van der Waals surface area contributed by atoms with Gasteiger partial charge in [0.05, 0.1) is 16.6 Å². The Hall–Kier alpha value is -4.65.